The molecule has 0 heterocycles. The van der Waals surface area contributed by atoms with Gasteiger partial charge in [0.25, 0.3) is 0 Å². The van der Waals surface area contributed by atoms with E-state index in [2.05, 4.69) is 154 Å². The smallest absolute Gasteiger partial charge is 0.430 e. The van der Waals surface area contributed by atoms with Crippen LogP contribution >= 0.6 is 15.8 Å². The third kappa shape index (κ3) is 14.3. The van der Waals surface area contributed by atoms with E-state index in [0.29, 0.717) is 4.89 Å². The largest absolute Gasteiger partial charge is 0.542 e. The van der Waals surface area contributed by atoms with Gasteiger partial charge in [0, 0.05) is 0 Å². The summed E-state index contributed by atoms with van der Waals surface area (Å²) >= 11 is -2.73. The summed E-state index contributed by atoms with van der Waals surface area (Å²) in [6.07, 6.45) is -9.59. The predicted octanol–water partition coefficient (Wildman–Crippen LogP) is 6.60. The molecule has 0 spiro atoms. The van der Waals surface area contributed by atoms with Crippen LogP contribution in [0, 0.1) is 22.7 Å². The molecule has 0 bridgehead atoms. The van der Waals surface area contributed by atoms with Gasteiger partial charge in [0.15, 0.2) is 0 Å². The number of hydrogen-bond donors (Lipinski definition) is 1. The molecule has 0 saturated heterocycles. The molecular formula is C38H39F6N3O4P2Pd. The number of carbonyl (C=O) groups excluding carboxylic acids is 2. The fourth-order valence-corrected chi connectivity index (χ4v) is 23.6. The molecule has 54 heavy (non-hydrogen) atoms. The Morgan fingerprint density at radius 1 is 0.630 bits per heavy atom. The van der Waals surface area contributed by atoms with Crippen LogP contribution < -0.4 is 37.6 Å². The third-order valence-electron chi connectivity index (χ3n) is 7.09. The molecular weight excluding hydrogens is 845 g/mol. The Hall–Kier alpha value is -4.14. The number of halogens is 6. The van der Waals surface area contributed by atoms with Crippen LogP contribution in [0.3, 0.4) is 0 Å². The van der Waals surface area contributed by atoms with Gasteiger partial charge in [-0.05, 0) is 0 Å². The summed E-state index contributed by atoms with van der Waals surface area (Å²) in [5.74, 6) is -6.01. The van der Waals surface area contributed by atoms with E-state index < -0.39 is 55.7 Å². The third-order valence-corrected chi connectivity index (χ3v) is 25.1. The van der Waals surface area contributed by atoms with Crippen molar-refractivity contribution in [1.82, 2.24) is 6.15 Å². The molecule has 3 N–H and O–H groups in total. The summed E-state index contributed by atoms with van der Waals surface area (Å²) in [7, 11) is -1.45. The average molecular weight is 884 g/mol. The Labute approximate surface area is 316 Å². The van der Waals surface area contributed by atoms with Crippen molar-refractivity contribution in [3.8, 4) is 12.1 Å². The SMILES string of the molecule is C[C](C)(C)[Pd+2]([CH2]C#N)([CH2]P(c1ccccc1)c1ccccc1)[CH](C#N)CP(c1ccccc1)c1ccccc1.N.O=C([O-])C(F)(F)F.O=C([O-])C(F)(F)F. The number of aliphatic carboxylic acids is 2. The van der Waals surface area contributed by atoms with Crippen molar-refractivity contribution < 1.29 is 61.7 Å². The van der Waals surface area contributed by atoms with Crippen LogP contribution in [-0.4, -0.2) is 35.1 Å². The van der Waals surface area contributed by atoms with Crippen LogP contribution in [0.2, 0.25) is 13.2 Å². The molecule has 4 aromatic carbocycles. The molecule has 0 aliphatic carbocycles. The number of carbonyl (C=O) groups is 2. The van der Waals surface area contributed by atoms with Crippen molar-refractivity contribution >= 4 is 49.0 Å². The van der Waals surface area contributed by atoms with Crippen LogP contribution in [0.4, 0.5) is 26.3 Å². The Morgan fingerprint density at radius 3 is 1.13 bits per heavy atom. The van der Waals surface area contributed by atoms with Gasteiger partial charge < -0.3 is 26.0 Å². The molecule has 4 rings (SSSR count). The monoisotopic (exact) mass is 883 g/mol. The van der Waals surface area contributed by atoms with Gasteiger partial charge in [0.05, 0.1) is 0 Å². The molecule has 292 valence electrons. The van der Waals surface area contributed by atoms with Crippen molar-refractivity contribution in [2.45, 2.75) is 46.3 Å². The van der Waals surface area contributed by atoms with Crippen molar-refractivity contribution in [2.24, 2.45) is 0 Å². The maximum absolute atomic E-state index is 10.9. The van der Waals surface area contributed by atoms with Crippen molar-refractivity contribution in [3.63, 3.8) is 0 Å². The molecule has 7 nitrogen and oxygen atoms in total. The molecule has 0 saturated carbocycles. The normalized spacial score (nSPS) is 13.5. The minimum Gasteiger partial charge on any atom is -0.542 e. The zero-order valence-corrected chi connectivity index (χ0v) is 32.8. The maximum atomic E-state index is 10.9. The second-order valence-electron chi connectivity index (χ2n) is 11.6. The van der Waals surface area contributed by atoms with E-state index in [1.54, 1.807) is 0 Å². The number of carboxylic acid groups (broad SMARTS) is 2. The average Bonchev–Trinajstić information content (AvgIpc) is 3.11. The molecule has 16 heteroatoms. The first kappa shape index (κ1) is 47.9. The van der Waals surface area contributed by atoms with Crippen molar-refractivity contribution in [1.29, 1.82) is 10.5 Å². The fraction of sp³-hybridized carbons (Fsp3) is 0.263. The van der Waals surface area contributed by atoms with Gasteiger partial charge in [-0.25, -0.2) is 0 Å². The van der Waals surface area contributed by atoms with E-state index in [1.807, 2.05) is 0 Å². The van der Waals surface area contributed by atoms with Gasteiger partial charge in [-0.2, -0.15) is 26.3 Å². The van der Waals surface area contributed by atoms with Crippen LogP contribution in [0.5, 0.6) is 0 Å². The van der Waals surface area contributed by atoms with Crippen LogP contribution in [-0.2, 0) is 25.1 Å². The van der Waals surface area contributed by atoms with E-state index >= 15 is 0 Å². The van der Waals surface area contributed by atoms with Crippen LogP contribution in [0.25, 0.3) is 0 Å². The molecule has 0 aromatic heterocycles. The minimum atomic E-state index is -5.19. The maximum Gasteiger partial charge on any atom is 0.430 e. The first-order valence-electron chi connectivity index (χ1n) is 15.4. The summed E-state index contributed by atoms with van der Waals surface area (Å²) in [4.78, 5) is 18.1. The fourth-order valence-electron chi connectivity index (χ4n) is 4.53. The molecule has 0 radical (unpaired) electrons. The number of hydrogen-bond acceptors (Lipinski definition) is 7. The quantitative estimate of drug-likeness (QED) is 0.107. The first-order valence-corrected chi connectivity index (χ1v) is 22.3. The van der Waals surface area contributed by atoms with Gasteiger partial charge in [-0.15, -0.1) is 0 Å². The molecule has 0 fully saturated rings. The molecule has 2 unspecified atom stereocenters. The molecule has 0 aliphatic heterocycles. The topological polar surface area (TPSA) is 163 Å². The van der Waals surface area contributed by atoms with Gasteiger partial charge in [-0.3, -0.25) is 0 Å². The van der Waals surface area contributed by atoms with E-state index in [0.717, 1.165) is 10.8 Å². The number of alkyl halides is 6. The summed E-state index contributed by atoms with van der Waals surface area (Å²) < 4.78 is 63.8. The summed E-state index contributed by atoms with van der Waals surface area (Å²) in [5.41, 5.74) is 0. The summed E-state index contributed by atoms with van der Waals surface area (Å²) in [6, 6.07) is 48.4. The van der Waals surface area contributed by atoms with Crippen LogP contribution in [0.1, 0.15) is 20.8 Å². The molecule has 0 aliphatic rings. The van der Waals surface area contributed by atoms with Crippen molar-refractivity contribution in [3.05, 3.63) is 121 Å². The summed E-state index contributed by atoms with van der Waals surface area (Å²) in [5, 5.41) is 44.1. The molecule has 0 amide bonds. The van der Waals surface area contributed by atoms with E-state index in [4.69, 9.17) is 19.8 Å². The molecule has 2 atom stereocenters. The number of benzene rings is 4. The summed E-state index contributed by atoms with van der Waals surface area (Å²) in [6.45, 7) is 6.88. The van der Waals surface area contributed by atoms with Gasteiger partial charge >= 0.3 is 254 Å². The van der Waals surface area contributed by atoms with Gasteiger partial charge in [0.1, 0.15) is 11.9 Å². The first-order chi connectivity index (χ1) is 24.8. The van der Waals surface area contributed by atoms with Gasteiger partial charge in [0.2, 0.25) is 0 Å². The Balaban J connectivity index is 0.000000825. The standard InChI is InChI=1S/C15H13NP.C13H12P.C4H9.2C2HF3O2.C2H2N.H3N.Pd/c16-12-7-13-17(14-8-3-1-4-9-14)15-10-5-2-6-11-15;1-14(12-8-4-2-5-9-12)13-10-6-3-7-11-13;1-4(2)3;2*3-2(4,5)1(6)7;1-2-3;;/h1-11H,13H2;2-11H,1H2;1-3H3;2*(H,6,7);1H2;1H3;/q;;;;;;;+2/p-2. The van der Waals surface area contributed by atoms with Crippen molar-refractivity contribution in [2.75, 3.05) is 10.8 Å². The zero-order chi connectivity index (χ0) is 39.9. The van der Waals surface area contributed by atoms with E-state index in [1.165, 1.54) is 21.2 Å². The second kappa shape index (κ2) is 21.7. The zero-order valence-electron chi connectivity index (χ0n) is 29.5. The van der Waals surface area contributed by atoms with E-state index in [-0.39, 0.29) is 14.4 Å². The number of nitriles is 2. The number of carboxylic acids is 2. The number of nitrogens with zero attached hydrogens (tertiary/aromatic N) is 2. The Kier molecular flexibility index (Phi) is 19.2. The van der Waals surface area contributed by atoms with E-state index in [9.17, 15) is 36.9 Å². The van der Waals surface area contributed by atoms with Crippen LogP contribution in [0.15, 0.2) is 121 Å². The number of rotatable bonds is 10. The predicted molar refractivity (Wildman–Crippen MR) is 195 cm³/mol. The Morgan fingerprint density at radius 2 is 0.907 bits per heavy atom. The Bertz CT molecular complexity index is 1720. The molecule has 4 aromatic rings. The van der Waals surface area contributed by atoms with Gasteiger partial charge in [-0.1, -0.05) is 0 Å². The minimum absolute atomic E-state index is 0. The second-order valence-corrected chi connectivity index (χ2v) is 25.0.